The van der Waals surface area contributed by atoms with E-state index in [0.29, 0.717) is 110 Å². The summed E-state index contributed by atoms with van der Waals surface area (Å²) in [6, 6.07) is 0. The van der Waals surface area contributed by atoms with Gasteiger partial charge >= 0.3 is 59.7 Å². The van der Waals surface area contributed by atoms with Gasteiger partial charge in [0, 0.05) is 45.3 Å². The SMILES string of the molecule is CCC(C)(C)C(=O)OC1(C(C)C)CCCC1.CCC(C)(C)C(=O)OC1(C(C)C)CCCC1.CCC(C)(C)C(=O)OC1(C)CC(=O)OC1C.CCC(C)(C)C(=O)OC12CC3CC(CC(O)(C3)C1)C2.CCC(C)(C)C(=O)OC12CC3CC(CC(O)(C3)C1)C2.CCC(C)(C)C(=O)OC1C2CC3C1OC(C)(OC)C3C2.CCC(C)(C)C(=O)OC1C2CC3C1OC(C)(OC)C3C2.CCC(C)(C)C(=O)OC1CCOC1=O. The number of esters is 10. The fraction of sp³-hybridized carbons (Fsp3) is 0.912. The summed E-state index contributed by atoms with van der Waals surface area (Å²) < 4.78 is 79.1. The summed E-state index contributed by atoms with van der Waals surface area (Å²) in [6.45, 7) is 63.3. The molecule has 4 aliphatic heterocycles. The van der Waals surface area contributed by atoms with Crippen molar-refractivity contribution in [1.29, 1.82) is 0 Å². The molecule has 804 valence electrons. The Bertz CT molecular complexity index is 4030. The molecule has 0 aromatic rings. The topological polar surface area (TPSA) is 340 Å². The van der Waals surface area contributed by atoms with E-state index in [1.807, 2.05) is 166 Å². The van der Waals surface area contributed by atoms with Crippen LogP contribution < -0.4 is 0 Å². The van der Waals surface area contributed by atoms with Gasteiger partial charge in [0.2, 0.25) is 6.10 Å². The Hall–Kier alpha value is -5.54. The average molecular weight is 1980 g/mol. The third kappa shape index (κ3) is 26.4. The maximum atomic E-state index is 12.4. The van der Waals surface area contributed by atoms with Crippen LogP contribution in [0.2, 0.25) is 0 Å². The van der Waals surface area contributed by atoms with Crippen LogP contribution in [-0.4, -0.2) is 178 Å². The molecule has 140 heavy (non-hydrogen) atoms. The maximum absolute atomic E-state index is 12.4. The van der Waals surface area contributed by atoms with Gasteiger partial charge in [-0.2, -0.15) is 0 Å². The van der Waals surface area contributed by atoms with Crippen LogP contribution in [0.3, 0.4) is 0 Å². The molecule has 14 saturated carbocycles. The van der Waals surface area contributed by atoms with Gasteiger partial charge in [-0.15, -0.1) is 0 Å². The number of rotatable bonds is 28. The summed E-state index contributed by atoms with van der Waals surface area (Å²) in [6.07, 6.45) is 30.2. The van der Waals surface area contributed by atoms with Gasteiger partial charge in [0.1, 0.15) is 52.9 Å². The van der Waals surface area contributed by atoms with Gasteiger partial charge in [-0.3, -0.25) is 43.2 Å². The van der Waals surface area contributed by atoms with Crippen LogP contribution in [0.1, 0.15) is 440 Å². The third-order valence-electron chi connectivity index (χ3n) is 37.9. The van der Waals surface area contributed by atoms with Gasteiger partial charge in [0.25, 0.3) is 0 Å². The van der Waals surface area contributed by atoms with Crippen molar-refractivity contribution in [3.63, 3.8) is 0 Å². The lowest BCUT2D eigenvalue weighted by atomic mass is 9.52. The molecule has 0 aromatic carbocycles. The Balaban J connectivity index is 0.000000179. The van der Waals surface area contributed by atoms with Gasteiger partial charge in [0.05, 0.1) is 67.5 Å². The highest BCUT2D eigenvalue weighted by atomic mass is 16.7. The Morgan fingerprint density at radius 2 is 0.679 bits per heavy atom. The van der Waals surface area contributed by atoms with Gasteiger partial charge < -0.3 is 76.5 Å². The number of fused-ring (bicyclic) bond motifs is 2. The van der Waals surface area contributed by atoms with Crippen LogP contribution in [0.15, 0.2) is 0 Å². The summed E-state index contributed by atoms with van der Waals surface area (Å²) in [4.78, 5) is 119. The van der Waals surface area contributed by atoms with Crippen molar-refractivity contribution in [2.45, 2.75) is 527 Å². The van der Waals surface area contributed by atoms with Crippen LogP contribution in [0.4, 0.5) is 0 Å². The minimum absolute atomic E-state index is 0.0226. The first-order chi connectivity index (χ1) is 64.5. The number of methoxy groups -OCH3 is 2. The van der Waals surface area contributed by atoms with Crippen molar-refractivity contribution in [3.05, 3.63) is 0 Å². The zero-order chi connectivity index (χ0) is 105. The van der Waals surface area contributed by atoms with Crippen molar-refractivity contribution < 1.29 is 124 Å². The number of carbonyl (C=O) groups is 10. The standard InChI is InChI=1S/2C16H26O4.2C16H26O3.2C14H26O2.C12H20O4.C10H16O4/c2*1-6-15(2,3)14(17)19-12-9-7-10-11(8-9)16(4,18-5)20-13(10)12;2*1-4-14(2,3)13(17)19-16-8-11-5-12(9-16)7-15(18,6-11)10-16;2*1-6-13(4,5)12(15)16-14(11(2)3)9-7-8-10-14;1-6-11(3,4)10(14)16-12(5)7-9(13)15-8(12)2;1-4-10(2,3)9(12)14-7-5-6-13-8(7)11/h2*9-13H,6-8H2,1-5H3;2*11-12,18H,4-10H2,1-3H3;2*11H,6-10H2,1-5H3;8H,6-7H2,1-5H3;7H,4-6H2,1-3H3. The first-order valence-electron chi connectivity index (χ1n) is 54.6. The highest BCUT2D eigenvalue weighted by molar-refractivity contribution is 5.83. The van der Waals surface area contributed by atoms with E-state index in [1.165, 1.54) is 38.5 Å². The van der Waals surface area contributed by atoms with Crippen molar-refractivity contribution >= 4 is 59.7 Å². The second-order valence-electron chi connectivity index (χ2n) is 52.3. The fourth-order valence-electron chi connectivity index (χ4n) is 24.7. The van der Waals surface area contributed by atoms with Gasteiger partial charge in [-0.1, -0.05) is 83.1 Å². The second kappa shape index (κ2) is 44.5. The van der Waals surface area contributed by atoms with E-state index < -0.39 is 72.9 Å². The van der Waals surface area contributed by atoms with Crippen LogP contribution in [0, 0.1) is 114 Å². The average Bonchev–Trinajstić information content (AvgIpc) is 1.56. The first kappa shape index (κ1) is 118. The molecular formula is C114H192O26. The third-order valence-corrected chi connectivity index (χ3v) is 37.9. The fourth-order valence-corrected chi connectivity index (χ4v) is 24.7. The predicted molar refractivity (Wildman–Crippen MR) is 534 cm³/mol. The van der Waals surface area contributed by atoms with Gasteiger partial charge in [-0.05, 0) is 390 Å². The summed E-state index contributed by atoms with van der Waals surface area (Å²) in [5.41, 5.74) is -6.38. The minimum Gasteiger partial charge on any atom is -0.463 e. The summed E-state index contributed by atoms with van der Waals surface area (Å²) >= 11 is 0. The molecule has 26 nitrogen and oxygen atoms in total. The zero-order valence-electron chi connectivity index (χ0n) is 93.3. The Labute approximate surface area is 842 Å². The minimum atomic E-state index is -0.819. The van der Waals surface area contributed by atoms with E-state index in [1.54, 1.807) is 41.9 Å². The summed E-state index contributed by atoms with van der Waals surface area (Å²) in [5.74, 6) is 3.15. The highest BCUT2D eigenvalue weighted by Crippen LogP contribution is 2.65. The lowest BCUT2D eigenvalue weighted by Gasteiger charge is -2.59. The Morgan fingerprint density at radius 3 is 0.936 bits per heavy atom. The summed E-state index contributed by atoms with van der Waals surface area (Å²) in [5, 5.41) is 21.3. The number of carbonyl (C=O) groups excluding carboxylic acids is 10. The van der Waals surface area contributed by atoms with E-state index >= 15 is 0 Å². The quantitative estimate of drug-likeness (QED) is 0.0543. The number of hydrogen-bond donors (Lipinski definition) is 2. The Morgan fingerprint density at radius 1 is 0.393 bits per heavy atom. The molecule has 26 heteroatoms. The van der Waals surface area contributed by atoms with E-state index in [9.17, 15) is 58.2 Å². The number of aliphatic hydroxyl groups is 2. The smallest absolute Gasteiger partial charge is 0.347 e. The molecule has 4 heterocycles. The predicted octanol–water partition coefficient (Wildman–Crippen LogP) is 22.8. The van der Waals surface area contributed by atoms with Crippen molar-refractivity contribution in [1.82, 2.24) is 0 Å². The molecule has 18 aliphatic rings. The van der Waals surface area contributed by atoms with Crippen molar-refractivity contribution in [2.75, 3.05) is 20.8 Å². The van der Waals surface area contributed by atoms with Crippen molar-refractivity contribution in [3.8, 4) is 0 Å². The molecule has 0 radical (unpaired) electrons. The molecule has 2 N–H and O–H groups in total. The van der Waals surface area contributed by atoms with E-state index in [4.69, 9.17) is 66.3 Å². The normalized spacial score (nSPS) is 35.4. The highest BCUT2D eigenvalue weighted by Gasteiger charge is 2.70. The lowest BCUT2D eigenvalue weighted by molar-refractivity contribution is -0.226. The first-order valence-corrected chi connectivity index (χ1v) is 54.6. The largest absolute Gasteiger partial charge is 0.463 e. The van der Waals surface area contributed by atoms with Gasteiger partial charge in [-0.25, -0.2) is 4.79 Å². The molecule has 0 aromatic heterocycles. The second-order valence-corrected chi connectivity index (χ2v) is 52.3. The van der Waals surface area contributed by atoms with E-state index in [0.717, 1.165) is 141 Å². The lowest BCUT2D eigenvalue weighted by Crippen LogP contribution is -2.61. The number of hydrogen-bond acceptors (Lipinski definition) is 26. The monoisotopic (exact) mass is 1980 g/mol. The number of cyclic esters (lactones) is 2. The molecule has 14 aliphatic carbocycles. The van der Waals surface area contributed by atoms with E-state index in [2.05, 4.69) is 27.7 Å². The molecule has 19 atom stereocenters. The molecular weight excluding hydrogens is 1790 g/mol. The molecule has 19 unspecified atom stereocenters. The van der Waals surface area contributed by atoms with Crippen LogP contribution in [0.5, 0.6) is 0 Å². The van der Waals surface area contributed by atoms with Crippen LogP contribution in [0.25, 0.3) is 0 Å². The van der Waals surface area contributed by atoms with Gasteiger partial charge in [0.15, 0.2) is 17.2 Å². The molecule has 18 rings (SSSR count). The van der Waals surface area contributed by atoms with E-state index in [-0.39, 0.29) is 124 Å². The van der Waals surface area contributed by atoms with Crippen molar-refractivity contribution in [2.24, 2.45) is 114 Å². The Kier molecular flexibility index (Phi) is 37.5. The maximum Gasteiger partial charge on any atom is 0.347 e. The molecule has 18 fully saturated rings. The zero-order valence-corrected chi connectivity index (χ0v) is 93.3. The molecule has 4 saturated heterocycles. The number of ether oxygens (including phenoxy) is 14. The van der Waals surface area contributed by atoms with Crippen LogP contribution in [-0.2, 0) is 114 Å². The molecule has 0 spiro atoms. The summed E-state index contributed by atoms with van der Waals surface area (Å²) in [7, 11) is 3.42. The molecule has 0 amide bonds. The molecule has 12 bridgehead atoms. The van der Waals surface area contributed by atoms with Crippen LogP contribution >= 0.6 is 0 Å².